The van der Waals surface area contributed by atoms with Crippen LogP contribution in [0.3, 0.4) is 0 Å². The average molecular weight is 462 g/mol. The van der Waals surface area contributed by atoms with Crippen LogP contribution in [0.25, 0.3) is 11.1 Å². The number of amides is 3. The number of urea groups is 1. The van der Waals surface area contributed by atoms with Crippen molar-refractivity contribution in [3.8, 4) is 11.1 Å². The van der Waals surface area contributed by atoms with Gasteiger partial charge in [0.05, 0.1) is 18.2 Å². The monoisotopic (exact) mass is 461 g/mol. The van der Waals surface area contributed by atoms with Crippen molar-refractivity contribution in [3.05, 3.63) is 59.7 Å². The van der Waals surface area contributed by atoms with Crippen LogP contribution in [0.1, 0.15) is 41.6 Å². The summed E-state index contributed by atoms with van der Waals surface area (Å²) < 4.78 is 4.76. The average Bonchev–Trinajstić information content (AvgIpc) is 3.25. The van der Waals surface area contributed by atoms with Crippen LogP contribution in [0, 0.1) is 5.92 Å². The molecular weight excluding hydrogens is 430 g/mol. The van der Waals surface area contributed by atoms with E-state index in [1.165, 1.54) is 12.7 Å². The van der Waals surface area contributed by atoms with Gasteiger partial charge in [-0.2, -0.15) is 0 Å². The SMILES string of the molecule is COC(=O)c1ccc(-c2ccc(CC3CCN(C(=O)N4CC5(CCC(=O)N5)C4)CC3)cc2)cc1. The lowest BCUT2D eigenvalue weighted by Gasteiger charge is -2.49. The highest BCUT2D eigenvalue weighted by Gasteiger charge is 2.50. The van der Waals surface area contributed by atoms with E-state index >= 15 is 0 Å². The molecule has 178 valence electrons. The Hall–Kier alpha value is -3.35. The van der Waals surface area contributed by atoms with E-state index in [2.05, 4.69) is 29.6 Å². The van der Waals surface area contributed by atoms with Gasteiger partial charge in [-0.1, -0.05) is 36.4 Å². The van der Waals surface area contributed by atoms with E-state index in [1.54, 1.807) is 12.1 Å². The molecule has 1 spiro atoms. The van der Waals surface area contributed by atoms with Gasteiger partial charge in [0.15, 0.2) is 0 Å². The summed E-state index contributed by atoms with van der Waals surface area (Å²) in [7, 11) is 1.38. The maximum Gasteiger partial charge on any atom is 0.337 e. The zero-order chi connectivity index (χ0) is 23.7. The molecule has 3 aliphatic rings. The number of hydrogen-bond donors (Lipinski definition) is 1. The fourth-order valence-corrected chi connectivity index (χ4v) is 5.44. The van der Waals surface area contributed by atoms with Gasteiger partial charge in [-0.15, -0.1) is 0 Å². The predicted molar refractivity (Wildman–Crippen MR) is 128 cm³/mol. The number of hydrogen-bond acceptors (Lipinski definition) is 4. The zero-order valence-corrected chi connectivity index (χ0v) is 19.6. The number of rotatable bonds is 4. The van der Waals surface area contributed by atoms with Crippen molar-refractivity contribution in [1.82, 2.24) is 15.1 Å². The van der Waals surface area contributed by atoms with Gasteiger partial charge in [0.1, 0.15) is 0 Å². The van der Waals surface area contributed by atoms with E-state index in [1.807, 2.05) is 21.9 Å². The highest BCUT2D eigenvalue weighted by atomic mass is 16.5. The molecule has 2 aromatic rings. The minimum atomic E-state index is -0.328. The summed E-state index contributed by atoms with van der Waals surface area (Å²) in [5.74, 6) is 0.356. The third-order valence-corrected chi connectivity index (χ3v) is 7.50. The molecule has 1 N–H and O–H groups in total. The smallest absolute Gasteiger partial charge is 0.337 e. The molecule has 5 rings (SSSR count). The lowest BCUT2D eigenvalue weighted by Crippen LogP contribution is -2.70. The van der Waals surface area contributed by atoms with Gasteiger partial charge in [-0.3, -0.25) is 4.79 Å². The van der Waals surface area contributed by atoms with Crippen molar-refractivity contribution in [1.29, 1.82) is 0 Å². The molecule has 2 aromatic carbocycles. The van der Waals surface area contributed by atoms with Crippen LogP contribution in [-0.2, 0) is 16.0 Å². The Morgan fingerprint density at radius 3 is 2.15 bits per heavy atom. The maximum atomic E-state index is 12.8. The summed E-state index contributed by atoms with van der Waals surface area (Å²) in [4.78, 5) is 39.8. The first-order valence-corrected chi connectivity index (χ1v) is 12.1. The third kappa shape index (κ3) is 4.52. The summed E-state index contributed by atoms with van der Waals surface area (Å²) in [5, 5.41) is 3.04. The molecule has 0 aliphatic carbocycles. The number of methoxy groups -OCH3 is 1. The molecule has 0 aromatic heterocycles. The van der Waals surface area contributed by atoms with Gasteiger partial charge >= 0.3 is 12.0 Å². The van der Waals surface area contributed by atoms with Gasteiger partial charge in [0.25, 0.3) is 0 Å². The Kier molecular flexibility index (Phi) is 6.02. The molecule has 3 amide bonds. The van der Waals surface area contributed by atoms with Crippen molar-refractivity contribution < 1.29 is 19.1 Å². The number of carbonyl (C=O) groups excluding carboxylic acids is 3. The molecule has 3 heterocycles. The number of nitrogens with one attached hydrogen (secondary N) is 1. The van der Waals surface area contributed by atoms with Gasteiger partial charge in [0, 0.05) is 32.6 Å². The van der Waals surface area contributed by atoms with E-state index in [9.17, 15) is 14.4 Å². The molecule has 0 radical (unpaired) electrons. The number of nitrogens with zero attached hydrogens (tertiary/aromatic N) is 2. The summed E-state index contributed by atoms with van der Waals surface area (Å²) >= 11 is 0. The van der Waals surface area contributed by atoms with Crippen molar-refractivity contribution >= 4 is 17.9 Å². The van der Waals surface area contributed by atoms with Crippen LogP contribution in [0.15, 0.2) is 48.5 Å². The quantitative estimate of drug-likeness (QED) is 0.707. The van der Waals surface area contributed by atoms with E-state index in [4.69, 9.17) is 4.74 Å². The summed E-state index contributed by atoms with van der Waals surface area (Å²) in [6.07, 6.45) is 4.46. The second kappa shape index (κ2) is 9.12. The third-order valence-electron chi connectivity index (χ3n) is 7.50. The molecule has 3 fully saturated rings. The molecule has 0 unspecified atom stereocenters. The lowest BCUT2D eigenvalue weighted by molar-refractivity contribution is -0.120. The first-order valence-electron chi connectivity index (χ1n) is 12.1. The Balaban J connectivity index is 1.09. The molecule has 7 nitrogen and oxygen atoms in total. The summed E-state index contributed by atoms with van der Waals surface area (Å²) in [5.41, 5.74) is 3.89. The standard InChI is InChI=1S/C27H31N3O4/c1-34-25(32)23-8-6-22(7-9-23)21-4-2-19(3-5-21)16-20-11-14-29(15-12-20)26(33)30-17-27(18-30)13-10-24(31)28-27/h2-9,20H,10-18H2,1H3,(H,28,31). The number of likely N-dealkylation sites (tertiary alicyclic amines) is 2. The van der Waals surface area contributed by atoms with Gasteiger partial charge in [0.2, 0.25) is 5.91 Å². The highest BCUT2D eigenvalue weighted by molar-refractivity contribution is 5.90. The molecule has 0 bridgehead atoms. The van der Waals surface area contributed by atoms with Gasteiger partial charge in [-0.25, -0.2) is 9.59 Å². The number of ether oxygens (including phenoxy) is 1. The van der Waals surface area contributed by atoms with Crippen molar-refractivity contribution in [3.63, 3.8) is 0 Å². The topological polar surface area (TPSA) is 79.0 Å². The fraction of sp³-hybridized carbons (Fsp3) is 0.444. The first-order chi connectivity index (χ1) is 16.4. The highest BCUT2D eigenvalue weighted by Crippen LogP contribution is 2.32. The Morgan fingerprint density at radius 1 is 0.971 bits per heavy atom. The van der Waals surface area contributed by atoms with Crippen LogP contribution in [-0.4, -0.2) is 66.5 Å². The number of carbonyl (C=O) groups is 3. The van der Waals surface area contributed by atoms with E-state index in [-0.39, 0.29) is 23.4 Å². The van der Waals surface area contributed by atoms with Crippen molar-refractivity contribution in [2.75, 3.05) is 33.3 Å². The Labute approximate surface area is 200 Å². The second-order valence-corrected chi connectivity index (χ2v) is 9.87. The normalized spacial score (nSPS) is 19.6. The molecule has 34 heavy (non-hydrogen) atoms. The lowest BCUT2D eigenvalue weighted by atomic mass is 9.88. The van der Waals surface area contributed by atoms with Crippen LogP contribution < -0.4 is 5.32 Å². The summed E-state index contributed by atoms with van der Waals surface area (Å²) in [6, 6.07) is 16.2. The van der Waals surface area contributed by atoms with Crippen LogP contribution in [0.5, 0.6) is 0 Å². The number of benzene rings is 2. The molecule has 3 saturated heterocycles. The zero-order valence-electron chi connectivity index (χ0n) is 19.6. The number of piperidine rings is 1. The molecule has 7 heteroatoms. The molecule has 0 atom stereocenters. The van der Waals surface area contributed by atoms with Crippen molar-refractivity contribution in [2.24, 2.45) is 5.92 Å². The van der Waals surface area contributed by atoms with E-state index in [0.717, 1.165) is 49.9 Å². The Bertz CT molecular complexity index is 1070. The maximum absolute atomic E-state index is 12.8. The molecule has 3 aliphatic heterocycles. The first kappa shape index (κ1) is 22.4. The predicted octanol–water partition coefficient (Wildman–Crippen LogP) is 3.48. The van der Waals surface area contributed by atoms with Gasteiger partial charge < -0.3 is 19.9 Å². The van der Waals surface area contributed by atoms with E-state index < -0.39 is 0 Å². The van der Waals surface area contributed by atoms with Crippen molar-refractivity contribution in [2.45, 2.75) is 37.6 Å². The minimum absolute atomic E-state index is 0.109. The van der Waals surface area contributed by atoms with Crippen LogP contribution >= 0.6 is 0 Å². The largest absolute Gasteiger partial charge is 0.465 e. The Morgan fingerprint density at radius 2 is 1.59 bits per heavy atom. The van der Waals surface area contributed by atoms with E-state index in [0.29, 0.717) is 31.0 Å². The summed E-state index contributed by atoms with van der Waals surface area (Å²) in [6.45, 7) is 2.89. The minimum Gasteiger partial charge on any atom is -0.465 e. The van der Waals surface area contributed by atoms with Crippen LogP contribution in [0.2, 0.25) is 0 Å². The molecular formula is C27H31N3O4. The van der Waals surface area contributed by atoms with Gasteiger partial charge in [-0.05, 0) is 60.4 Å². The van der Waals surface area contributed by atoms with Crippen LogP contribution in [0.4, 0.5) is 4.79 Å². The fourth-order valence-electron chi connectivity index (χ4n) is 5.44. The molecule has 0 saturated carbocycles. The second-order valence-electron chi connectivity index (χ2n) is 9.87. The number of esters is 1.